The third-order valence-electron chi connectivity index (χ3n) is 3.48. The van der Waals surface area contributed by atoms with Crippen molar-refractivity contribution in [2.45, 2.75) is 20.0 Å². The van der Waals surface area contributed by atoms with Crippen LogP contribution in [-0.2, 0) is 9.53 Å². The summed E-state index contributed by atoms with van der Waals surface area (Å²) in [6.45, 7) is 3.70. The molecule has 0 aliphatic rings. The summed E-state index contributed by atoms with van der Waals surface area (Å²) in [6, 6.07) is 9.26. The zero-order valence-electron chi connectivity index (χ0n) is 15.0. The number of anilines is 1. The van der Waals surface area contributed by atoms with E-state index in [4.69, 9.17) is 37.4 Å². The highest BCUT2D eigenvalue weighted by Crippen LogP contribution is 2.28. The first-order valence-electron chi connectivity index (χ1n) is 8.12. The highest BCUT2D eigenvalue weighted by atomic mass is 35.5. The van der Waals surface area contributed by atoms with Crippen LogP contribution in [0.4, 0.5) is 5.69 Å². The van der Waals surface area contributed by atoms with Gasteiger partial charge in [-0.3, -0.25) is 4.79 Å². The van der Waals surface area contributed by atoms with Crippen LogP contribution in [0.5, 0.6) is 11.5 Å². The molecule has 0 unspecified atom stereocenters. The van der Waals surface area contributed by atoms with Crippen LogP contribution >= 0.6 is 23.2 Å². The highest BCUT2D eigenvalue weighted by Gasteiger charge is 2.20. The maximum atomic E-state index is 12.3. The molecule has 2 aromatic rings. The van der Waals surface area contributed by atoms with E-state index in [-0.39, 0.29) is 5.56 Å². The second-order valence-electron chi connectivity index (χ2n) is 5.49. The smallest absolute Gasteiger partial charge is 0.339 e. The number of benzene rings is 2. The predicted octanol–water partition coefficient (Wildman–Crippen LogP) is 4.58. The number of hydrogen-bond donors (Lipinski definition) is 1. The van der Waals surface area contributed by atoms with Crippen LogP contribution in [0, 0.1) is 0 Å². The molecule has 1 N–H and O–H groups in total. The van der Waals surface area contributed by atoms with Gasteiger partial charge in [0.1, 0.15) is 0 Å². The number of amides is 1. The van der Waals surface area contributed by atoms with Gasteiger partial charge in [0.2, 0.25) is 0 Å². The summed E-state index contributed by atoms with van der Waals surface area (Å²) in [4.78, 5) is 24.6. The fourth-order valence-corrected chi connectivity index (χ4v) is 2.75. The lowest BCUT2D eigenvalue weighted by atomic mass is 10.2. The molecule has 0 bridgehead atoms. The minimum atomic E-state index is -1.03. The maximum absolute atomic E-state index is 12.3. The van der Waals surface area contributed by atoms with Crippen molar-refractivity contribution < 1.29 is 23.8 Å². The van der Waals surface area contributed by atoms with Gasteiger partial charge in [-0.15, -0.1) is 0 Å². The van der Waals surface area contributed by atoms with Crippen molar-refractivity contribution in [3.8, 4) is 11.5 Å². The number of nitrogens with one attached hydrogen (secondary N) is 1. The molecule has 0 radical (unpaired) electrons. The maximum Gasteiger partial charge on any atom is 0.339 e. The van der Waals surface area contributed by atoms with Crippen LogP contribution in [0.25, 0.3) is 0 Å². The van der Waals surface area contributed by atoms with Crippen LogP contribution in [0.3, 0.4) is 0 Å². The van der Waals surface area contributed by atoms with Gasteiger partial charge in [0, 0.05) is 15.7 Å². The molecule has 0 fully saturated rings. The van der Waals surface area contributed by atoms with Gasteiger partial charge in [0.25, 0.3) is 5.91 Å². The molecule has 0 aliphatic heterocycles. The number of ether oxygens (including phenoxy) is 3. The Bertz CT molecular complexity index is 821. The Morgan fingerprint density at radius 3 is 2.33 bits per heavy atom. The number of carbonyl (C=O) groups excluding carboxylic acids is 2. The van der Waals surface area contributed by atoms with Gasteiger partial charge in [0.05, 0.1) is 19.3 Å². The Hall–Kier alpha value is -2.44. The molecule has 0 aliphatic carbocycles. The number of methoxy groups -OCH3 is 1. The average molecular weight is 412 g/mol. The molecule has 0 spiro atoms. The zero-order valence-corrected chi connectivity index (χ0v) is 16.6. The van der Waals surface area contributed by atoms with E-state index >= 15 is 0 Å². The summed E-state index contributed by atoms with van der Waals surface area (Å²) in [5.74, 6) is -0.261. The number of carbonyl (C=O) groups is 2. The lowest BCUT2D eigenvalue weighted by Gasteiger charge is -2.15. The summed E-state index contributed by atoms with van der Waals surface area (Å²) in [5.41, 5.74) is 0.646. The second kappa shape index (κ2) is 9.48. The van der Waals surface area contributed by atoms with Gasteiger partial charge in [0.15, 0.2) is 17.6 Å². The van der Waals surface area contributed by atoms with Crippen molar-refractivity contribution in [1.29, 1.82) is 0 Å². The first-order valence-corrected chi connectivity index (χ1v) is 8.88. The van der Waals surface area contributed by atoms with Crippen molar-refractivity contribution in [3.63, 3.8) is 0 Å². The van der Waals surface area contributed by atoms with Crippen molar-refractivity contribution in [2.75, 3.05) is 19.0 Å². The van der Waals surface area contributed by atoms with Gasteiger partial charge in [-0.05, 0) is 50.2 Å². The van der Waals surface area contributed by atoms with Gasteiger partial charge in [-0.25, -0.2) is 4.79 Å². The van der Waals surface area contributed by atoms with Crippen molar-refractivity contribution in [1.82, 2.24) is 0 Å². The minimum absolute atomic E-state index is 0.240. The molecule has 1 atom stereocenters. The first-order chi connectivity index (χ1) is 12.8. The van der Waals surface area contributed by atoms with E-state index in [0.717, 1.165) is 0 Å². The van der Waals surface area contributed by atoms with Crippen LogP contribution in [0.15, 0.2) is 36.4 Å². The van der Waals surface area contributed by atoms with Gasteiger partial charge >= 0.3 is 5.97 Å². The molecule has 2 rings (SSSR count). The van der Waals surface area contributed by atoms with E-state index in [0.29, 0.717) is 33.8 Å². The van der Waals surface area contributed by atoms with Crippen LogP contribution in [-0.4, -0.2) is 31.7 Å². The lowest BCUT2D eigenvalue weighted by Crippen LogP contribution is -2.30. The third-order valence-corrected chi connectivity index (χ3v) is 3.92. The molecule has 1 amide bonds. The minimum Gasteiger partial charge on any atom is -0.493 e. The Balaban J connectivity index is 2.05. The Morgan fingerprint density at radius 2 is 1.74 bits per heavy atom. The third kappa shape index (κ3) is 5.77. The molecule has 2 aromatic carbocycles. The van der Waals surface area contributed by atoms with Crippen LogP contribution in [0.1, 0.15) is 24.2 Å². The summed E-state index contributed by atoms with van der Waals surface area (Å²) in [5, 5.41) is 3.36. The molecule has 144 valence electrons. The van der Waals surface area contributed by atoms with Crippen molar-refractivity contribution in [3.05, 3.63) is 52.0 Å². The van der Waals surface area contributed by atoms with Crippen molar-refractivity contribution >= 4 is 40.8 Å². The Labute approximate surface area is 167 Å². The Morgan fingerprint density at radius 1 is 1.07 bits per heavy atom. The Kier molecular flexibility index (Phi) is 7.33. The number of rotatable bonds is 7. The molecule has 27 heavy (non-hydrogen) atoms. The molecule has 6 nitrogen and oxygen atoms in total. The molecule has 0 saturated carbocycles. The highest BCUT2D eigenvalue weighted by molar-refractivity contribution is 6.35. The number of halogens is 2. The average Bonchev–Trinajstić information content (AvgIpc) is 2.60. The summed E-state index contributed by atoms with van der Waals surface area (Å²) >= 11 is 11.8. The lowest BCUT2D eigenvalue weighted by molar-refractivity contribution is -0.123. The molecule has 0 saturated heterocycles. The fraction of sp³-hybridized carbons (Fsp3) is 0.263. The number of hydrogen-bond acceptors (Lipinski definition) is 5. The topological polar surface area (TPSA) is 73.9 Å². The van der Waals surface area contributed by atoms with Gasteiger partial charge < -0.3 is 19.5 Å². The number of esters is 1. The first kappa shape index (κ1) is 20.9. The summed E-state index contributed by atoms with van der Waals surface area (Å²) in [7, 11) is 1.50. The quantitative estimate of drug-likeness (QED) is 0.674. The van der Waals surface area contributed by atoms with Crippen LogP contribution in [0.2, 0.25) is 10.0 Å². The molecule has 0 aromatic heterocycles. The van der Waals surface area contributed by atoms with E-state index in [1.54, 1.807) is 12.1 Å². The summed E-state index contributed by atoms with van der Waals surface area (Å²) in [6.07, 6.45) is -1.03. The standard InChI is InChI=1S/C19H19Cl2NO5/c1-4-26-17-7-12(5-6-16(17)25-3)19(24)27-11(2)18(23)22-15-9-13(20)8-14(21)10-15/h5-11H,4H2,1-3H3,(H,22,23)/t11-/m1/s1. The molecular formula is C19H19Cl2NO5. The monoisotopic (exact) mass is 411 g/mol. The van der Waals surface area contributed by atoms with E-state index in [1.807, 2.05) is 6.92 Å². The van der Waals surface area contributed by atoms with E-state index in [2.05, 4.69) is 5.32 Å². The molecule has 8 heteroatoms. The van der Waals surface area contributed by atoms with E-state index < -0.39 is 18.0 Å². The SMILES string of the molecule is CCOc1cc(C(=O)O[C@H](C)C(=O)Nc2cc(Cl)cc(Cl)c2)ccc1OC. The van der Waals surface area contributed by atoms with E-state index in [9.17, 15) is 9.59 Å². The van der Waals surface area contributed by atoms with Crippen molar-refractivity contribution in [2.24, 2.45) is 0 Å². The van der Waals surface area contributed by atoms with Crippen LogP contribution < -0.4 is 14.8 Å². The molecular weight excluding hydrogens is 393 g/mol. The van der Waals surface area contributed by atoms with Gasteiger partial charge in [-0.1, -0.05) is 23.2 Å². The predicted molar refractivity (Wildman–Crippen MR) is 104 cm³/mol. The molecule has 0 heterocycles. The van der Waals surface area contributed by atoms with E-state index in [1.165, 1.54) is 38.3 Å². The zero-order chi connectivity index (χ0) is 20.0. The normalized spacial score (nSPS) is 11.4. The fourth-order valence-electron chi connectivity index (χ4n) is 2.22. The largest absolute Gasteiger partial charge is 0.493 e. The van der Waals surface area contributed by atoms with Gasteiger partial charge in [-0.2, -0.15) is 0 Å². The second-order valence-corrected chi connectivity index (χ2v) is 6.37. The summed E-state index contributed by atoms with van der Waals surface area (Å²) < 4.78 is 15.8.